The molecule has 0 aromatic carbocycles. The Bertz CT molecular complexity index is 773. The monoisotopic (exact) mass is 417 g/mol. The molecule has 11 nitrogen and oxygen atoms in total. The van der Waals surface area contributed by atoms with Crippen LogP contribution < -0.4 is 11.5 Å². The van der Waals surface area contributed by atoms with Gasteiger partial charge in [-0.05, 0) is 5.53 Å². The lowest BCUT2D eigenvalue weighted by Gasteiger charge is -2.24. The van der Waals surface area contributed by atoms with E-state index < -0.39 is 18.1 Å². The van der Waals surface area contributed by atoms with E-state index in [9.17, 15) is 5.11 Å². The maximum Gasteiger partial charge on any atom is 0.224 e. The van der Waals surface area contributed by atoms with E-state index in [0.717, 1.165) is 0 Å². The van der Waals surface area contributed by atoms with Crippen LogP contribution in [0.5, 0.6) is 0 Å². The van der Waals surface area contributed by atoms with Crippen molar-refractivity contribution < 1.29 is 9.84 Å². The molecule has 0 saturated carbocycles. The van der Waals surface area contributed by atoms with Crippen molar-refractivity contribution in [2.45, 2.75) is 24.5 Å². The number of anilines is 2. The number of aromatic nitrogens is 4. The van der Waals surface area contributed by atoms with Crippen LogP contribution in [0.3, 0.4) is 0 Å². The van der Waals surface area contributed by atoms with Gasteiger partial charge in [0.05, 0.1) is 12.4 Å². The number of alkyl halides is 1. The summed E-state index contributed by atoms with van der Waals surface area (Å²) in [7, 11) is 0. The van der Waals surface area contributed by atoms with E-state index in [4.69, 9.17) is 21.7 Å². The second kappa shape index (κ2) is 5.39. The van der Waals surface area contributed by atoms with Crippen LogP contribution in [0.1, 0.15) is 12.6 Å². The summed E-state index contributed by atoms with van der Waals surface area (Å²) in [5.41, 5.74) is 19.5. The van der Waals surface area contributed by atoms with Crippen molar-refractivity contribution in [1.29, 1.82) is 0 Å². The minimum atomic E-state index is -1.32. The van der Waals surface area contributed by atoms with Gasteiger partial charge in [0.25, 0.3) is 0 Å². The van der Waals surface area contributed by atoms with E-state index in [1.807, 2.05) is 22.6 Å². The number of azide groups is 1. The number of hydrogen-bond donors (Lipinski definition) is 3. The molecule has 3 atom stereocenters. The summed E-state index contributed by atoms with van der Waals surface area (Å²) in [5, 5.41) is 13.8. The predicted octanol–water partition coefficient (Wildman–Crippen LogP) is 0.712. The number of halogens is 1. The Balaban J connectivity index is 2.05. The molecule has 0 unspecified atom stereocenters. The zero-order chi connectivity index (χ0) is 15.9. The number of fused-ring (bicyclic) bond motifs is 1. The molecule has 0 amide bonds. The third-order valence-corrected chi connectivity index (χ3v) is 4.56. The van der Waals surface area contributed by atoms with Gasteiger partial charge in [0.15, 0.2) is 17.2 Å². The highest BCUT2D eigenvalue weighted by Gasteiger charge is 2.48. The summed E-state index contributed by atoms with van der Waals surface area (Å²) in [6, 6.07) is 0. The number of nitrogens with two attached hydrogens (primary N) is 2. The molecule has 12 heteroatoms. The summed E-state index contributed by atoms with van der Waals surface area (Å²) >= 11 is 2.00. The Morgan fingerprint density at radius 1 is 1.59 bits per heavy atom. The molecule has 5 N–H and O–H groups in total. The highest BCUT2D eigenvalue weighted by molar-refractivity contribution is 14.1. The van der Waals surface area contributed by atoms with Crippen molar-refractivity contribution in [1.82, 2.24) is 19.5 Å². The molecule has 1 aliphatic rings. The molecular weight excluding hydrogens is 405 g/mol. The van der Waals surface area contributed by atoms with Crippen molar-refractivity contribution in [3.63, 3.8) is 0 Å². The van der Waals surface area contributed by atoms with E-state index >= 15 is 0 Å². The molecule has 3 heterocycles. The van der Waals surface area contributed by atoms with Crippen LogP contribution in [0.15, 0.2) is 11.4 Å². The first-order valence-electron chi connectivity index (χ1n) is 6.24. The largest absolute Gasteiger partial charge is 0.390 e. The molecule has 0 bridgehead atoms. The van der Waals surface area contributed by atoms with Crippen molar-refractivity contribution >= 4 is 45.5 Å². The number of nitrogens with zero attached hydrogens (tertiary/aromatic N) is 7. The number of rotatable bonds is 3. The van der Waals surface area contributed by atoms with E-state index in [1.54, 1.807) is 4.57 Å². The number of nitrogen functional groups attached to an aromatic ring is 2. The molecule has 3 rings (SSSR count). The SMILES string of the molecule is [N-]=[N+]=N[C@]1(CI)O[C@H](n2cnc3c(N)nc(N)nc32)C[C@@H]1O. The molecule has 22 heavy (non-hydrogen) atoms. The quantitative estimate of drug-likeness (QED) is 0.217. The van der Waals surface area contributed by atoms with E-state index in [0.29, 0.717) is 15.6 Å². The van der Waals surface area contributed by atoms with Crippen molar-refractivity contribution in [3.05, 3.63) is 16.8 Å². The van der Waals surface area contributed by atoms with Crippen LogP contribution in [-0.4, -0.2) is 40.9 Å². The lowest BCUT2D eigenvalue weighted by molar-refractivity contribution is -0.0795. The molecule has 1 saturated heterocycles. The fourth-order valence-corrected chi connectivity index (χ4v) is 3.23. The second-order valence-electron chi connectivity index (χ2n) is 4.78. The Hall–Kier alpha value is -1.89. The summed E-state index contributed by atoms with van der Waals surface area (Å²) in [6.45, 7) is 0. The van der Waals surface area contributed by atoms with Crippen LogP contribution in [0.25, 0.3) is 21.6 Å². The maximum atomic E-state index is 10.2. The Morgan fingerprint density at radius 2 is 2.36 bits per heavy atom. The first-order chi connectivity index (χ1) is 10.5. The van der Waals surface area contributed by atoms with Gasteiger partial charge in [0.2, 0.25) is 5.95 Å². The normalized spacial score (nSPS) is 27.9. The highest BCUT2D eigenvalue weighted by atomic mass is 127. The number of aliphatic hydroxyl groups excluding tert-OH is 1. The van der Waals surface area contributed by atoms with Crippen molar-refractivity contribution in [2.24, 2.45) is 5.11 Å². The second-order valence-corrected chi connectivity index (χ2v) is 5.55. The lowest BCUT2D eigenvalue weighted by Crippen LogP contribution is -2.38. The summed E-state index contributed by atoms with van der Waals surface area (Å²) in [6.07, 6.45) is 0.150. The van der Waals surface area contributed by atoms with Gasteiger partial charge in [-0.3, -0.25) is 4.57 Å². The molecule has 2 aromatic rings. The van der Waals surface area contributed by atoms with Crippen molar-refractivity contribution in [3.8, 4) is 0 Å². The Morgan fingerprint density at radius 3 is 3.05 bits per heavy atom. The van der Waals surface area contributed by atoms with E-state index in [1.165, 1.54) is 6.33 Å². The minimum absolute atomic E-state index is 0.0143. The maximum absolute atomic E-state index is 10.2. The predicted molar refractivity (Wildman–Crippen MR) is 85.7 cm³/mol. The molecule has 0 spiro atoms. The summed E-state index contributed by atoms with van der Waals surface area (Å²) in [4.78, 5) is 14.8. The van der Waals surface area contributed by atoms with Crippen molar-refractivity contribution in [2.75, 3.05) is 15.9 Å². The minimum Gasteiger partial charge on any atom is -0.390 e. The molecule has 1 aliphatic heterocycles. The van der Waals surface area contributed by atoms with Gasteiger partial charge in [-0.15, -0.1) is 0 Å². The number of ether oxygens (including phenoxy) is 1. The smallest absolute Gasteiger partial charge is 0.224 e. The average Bonchev–Trinajstić information content (AvgIpc) is 3.02. The molecule has 0 aliphatic carbocycles. The van der Waals surface area contributed by atoms with Gasteiger partial charge in [0.1, 0.15) is 11.7 Å². The number of hydrogen-bond acceptors (Lipinski definition) is 8. The zero-order valence-electron chi connectivity index (χ0n) is 11.2. The molecule has 1 fully saturated rings. The van der Waals surface area contributed by atoms with Crippen LogP contribution in [-0.2, 0) is 4.74 Å². The van der Waals surface area contributed by atoms with E-state index in [-0.39, 0.29) is 18.2 Å². The molecular formula is C10H12IN9O2. The molecule has 116 valence electrons. The van der Waals surface area contributed by atoms with Crippen LogP contribution in [0.2, 0.25) is 0 Å². The highest BCUT2D eigenvalue weighted by Crippen LogP contribution is 2.40. The first-order valence-corrected chi connectivity index (χ1v) is 7.77. The number of imidazole rings is 1. The van der Waals surface area contributed by atoms with E-state index in [2.05, 4.69) is 25.0 Å². The Kier molecular flexibility index (Phi) is 3.68. The average molecular weight is 417 g/mol. The third kappa shape index (κ3) is 2.20. The Labute approximate surface area is 137 Å². The van der Waals surface area contributed by atoms with Crippen LogP contribution in [0, 0.1) is 0 Å². The third-order valence-electron chi connectivity index (χ3n) is 3.47. The molecule has 0 radical (unpaired) electrons. The zero-order valence-corrected chi connectivity index (χ0v) is 13.3. The van der Waals surface area contributed by atoms with Gasteiger partial charge < -0.3 is 21.3 Å². The first kappa shape index (κ1) is 15.0. The fourth-order valence-electron chi connectivity index (χ4n) is 2.39. The van der Waals surface area contributed by atoms with Gasteiger partial charge in [0, 0.05) is 15.8 Å². The van der Waals surface area contributed by atoms with Gasteiger partial charge in [-0.25, -0.2) is 4.98 Å². The van der Waals surface area contributed by atoms with Crippen LogP contribution in [0.4, 0.5) is 11.8 Å². The van der Waals surface area contributed by atoms with Crippen LogP contribution >= 0.6 is 22.6 Å². The summed E-state index contributed by atoms with van der Waals surface area (Å²) in [5.74, 6) is 0.176. The number of aliphatic hydroxyl groups is 1. The van der Waals surface area contributed by atoms with Gasteiger partial charge in [-0.1, -0.05) is 27.7 Å². The standard InChI is InChI=1S/C10H12IN9O2/c11-2-10(18-19-14)4(21)1-5(22-10)20-3-15-6-7(12)16-9(13)17-8(6)20/h3-5,21H,1-2H2,(H4,12,13,16,17)/t4-,5-,10+/m0/s1. The fraction of sp³-hybridized carbons (Fsp3) is 0.500. The van der Waals surface area contributed by atoms with Gasteiger partial charge in [-0.2, -0.15) is 9.97 Å². The summed E-state index contributed by atoms with van der Waals surface area (Å²) < 4.78 is 7.68. The molecule has 2 aromatic heterocycles. The van der Waals surface area contributed by atoms with Gasteiger partial charge >= 0.3 is 0 Å². The topological polar surface area (TPSA) is 174 Å². The lowest BCUT2D eigenvalue weighted by atomic mass is 10.1.